The third kappa shape index (κ3) is 3.38. The highest BCUT2D eigenvalue weighted by Crippen LogP contribution is 2.17. The molecule has 0 unspecified atom stereocenters. The number of hydrogen-bond acceptors (Lipinski definition) is 3. The number of anilines is 1. The summed E-state index contributed by atoms with van der Waals surface area (Å²) in [5.41, 5.74) is 0.303. The Kier molecular flexibility index (Phi) is 4.05. The second-order valence-corrected chi connectivity index (χ2v) is 4.04. The topological polar surface area (TPSA) is 79.3 Å². The number of carboxylic acids is 1. The molecule has 1 aromatic heterocycles. The van der Waals surface area contributed by atoms with Crippen molar-refractivity contribution in [3.8, 4) is 0 Å². The molecule has 0 aliphatic rings. The number of aromatic nitrogens is 1. The first-order valence-corrected chi connectivity index (χ1v) is 5.79. The van der Waals surface area contributed by atoms with Gasteiger partial charge >= 0.3 is 5.97 Å². The van der Waals surface area contributed by atoms with Gasteiger partial charge in [0.05, 0.1) is 17.7 Å². The standard InChI is InChI=1S/C14H11FN2O3/c15-9-4-5-11(14(19)20)12(7-9)17-13(18)8-10-3-1-2-6-16-10/h1-7H,8H2,(H,17,18)(H,19,20). The van der Waals surface area contributed by atoms with Crippen molar-refractivity contribution in [1.29, 1.82) is 0 Å². The second-order valence-electron chi connectivity index (χ2n) is 4.04. The SMILES string of the molecule is O=C(Cc1ccccn1)Nc1cc(F)ccc1C(=O)O. The molecule has 1 heterocycles. The molecule has 1 aromatic carbocycles. The van der Waals surface area contributed by atoms with Crippen molar-refractivity contribution >= 4 is 17.6 Å². The number of halogens is 1. The van der Waals surface area contributed by atoms with Crippen molar-refractivity contribution in [1.82, 2.24) is 4.98 Å². The fourth-order valence-corrected chi connectivity index (χ4v) is 1.67. The third-order valence-electron chi connectivity index (χ3n) is 2.55. The summed E-state index contributed by atoms with van der Waals surface area (Å²) in [6, 6.07) is 8.23. The molecular weight excluding hydrogens is 263 g/mol. The maximum absolute atomic E-state index is 13.1. The maximum Gasteiger partial charge on any atom is 0.337 e. The average molecular weight is 274 g/mol. The Balaban J connectivity index is 2.15. The molecule has 6 heteroatoms. The van der Waals surface area contributed by atoms with Gasteiger partial charge in [0.2, 0.25) is 5.91 Å². The average Bonchev–Trinajstić information content (AvgIpc) is 2.39. The van der Waals surface area contributed by atoms with Crippen LogP contribution in [0.3, 0.4) is 0 Å². The maximum atomic E-state index is 13.1. The van der Waals surface area contributed by atoms with Crippen molar-refractivity contribution in [3.05, 3.63) is 59.7 Å². The van der Waals surface area contributed by atoms with Gasteiger partial charge in [0, 0.05) is 11.9 Å². The normalized spacial score (nSPS) is 10.1. The lowest BCUT2D eigenvalue weighted by Gasteiger charge is -2.08. The molecule has 0 bridgehead atoms. The number of nitrogens with one attached hydrogen (secondary N) is 1. The lowest BCUT2D eigenvalue weighted by atomic mass is 10.1. The molecule has 0 aliphatic heterocycles. The zero-order valence-electron chi connectivity index (χ0n) is 10.3. The van der Waals surface area contributed by atoms with Crippen LogP contribution in [0, 0.1) is 5.82 Å². The zero-order chi connectivity index (χ0) is 14.5. The van der Waals surface area contributed by atoms with E-state index in [2.05, 4.69) is 10.3 Å². The number of aromatic carboxylic acids is 1. The Hall–Kier alpha value is -2.76. The summed E-state index contributed by atoms with van der Waals surface area (Å²) >= 11 is 0. The van der Waals surface area contributed by atoms with Crippen LogP contribution in [0.2, 0.25) is 0 Å². The van der Waals surface area contributed by atoms with E-state index in [4.69, 9.17) is 5.11 Å². The van der Waals surface area contributed by atoms with Crippen LogP contribution in [0.5, 0.6) is 0 Å². The molecule has 1 amide bonds. The minimum absolute atomic E-state index is 0.0174. The summed E-state index contributed by atoms with van der Waals surface area (Å²) in [7, 11) is 0. The second kappa shape index (κ2) is 5.92. The molecule has 0 atom stereocenters. The van der Waals surface area contributed by atoms with E-state index >= 15 is 0 Å². The molecule has 2 N–H and O–H groups in total. The summed E-state index contributed by atoms with van der Waals surface area (Å²) in [4.78, 5) is 26.8. The van der Waals surface area contributed by atoms with E-state index in [0.29, 0.717) is 5.69 Å². The molecule has 2 rings (SSSR count). The largest absolute Gasteiger partial charge is 0.478 e. The molecular formula is C14H11FN2O3. The van der Waals surface area contributed by atoms with Gasteiger partial charge in [-0.15, -0.1) is 0 Å². The van der Waals surface area contributed by atoms with E-state index in [1.165, 1.54) is 0 Å². The molecule has 2 aromatic rings. The van der Waals surface area contributed by atoms with E-state index in [0.717, 1.165) is 18.2 Å². The van der Waals surface area contributed by atoms with E-state index < -0.39 is 17.7 Å². The number of benzene rings is 1. The first kappa shape index (κ1) is 13.7. The highest BCUT2D eigenvalue weighted by molar-refractivity contribution is 6.00. The van der Waals surface area contributed by atoms with Gasteiger partial charge in [0.25, 0.3) is 0 Å². The molecule has 0 saturated carbocycles. The summed E-state index contributed by atoms with van der Waals surface area (Å²) in [6.45, 7) is 0. The fraction of sp³-hybridized carbons (Fsp3) is 0.0714. The van der Waals surface area contributed by atoms with Crippen LogP contribution in [0.25, 0.3) is 0 Å². The molecule has 5 nitrogen and oxygen atoms in total. The Morgan fingerprint density at radius 3 is 2.70 bits per heavy atom. The molecule has 20 heavy (non-hydrogen) atoms. The smallest absolute Gasteiger partial charge is 0.337 e. The number of carbonyl (C=O) groups is 2. The van der Waals surface area contributed by atoms with E-state index in [1.807, 2.05) is 0 Å². The van der Waals surface area contributed by atoms with Crippen molar-refractivity contribution in [3.63, 3.8) is 0 Å². The highest BCUT2D eigenvalue weighted by atomic mass is 19.1. The number of carboxylic acid groups (broad SMARTS) is 1. The van der Waals surface area contributed by atoms with Crippen molar-refractivity contribution < 1.29 is 19.1 Å². The van der Waals surface area contributed by atoms with Gasteiger partial charge in [-0.3, -0.25) is 9.78 Å². The van der Waals surface area contributed by atoms with Crippen molar-refractivity contribution in [2.75, 3.05) is 5.32 Å². The van der Waals surface area contributed by atoms with Crippen molar-refractivity contribution in [2.45, 2.75) is 6.42 Å². The summed E-state index contributed by atoms with van der Waals surface area (Å²) in [5, 5.41) is 11.4. The number of amides is 1. The van der Waals surface area contributed by atoms with Gasteiger partial charge < -0.3 is 10.4 Å². The first-order valence-electron chi connectivity index (χ1n) is 5.79. The Morgan fingerprint density at radius 1 is 1.25 bits per heavy atom. The van der Waals surface area contributed by atoms with E-state index in [1.54, 1.807) is 24.4 Å². The number of carbonyl (C=O) groups excluding carboxylic acids is 1. The van der Waals surface area contributed by atoms with Gasteiger partial charge in [0.15, 0.2) is 0 Å². The number of rotatable bonds is 4. The van der Waals surface area contributed by atoms with Gasteiger partial charge in [-0.2, -0.15) is 0 Å². The van der Waals surface area contributed by atoms with Crippen LogP contribution >= 0.6 is 0 Å². The Labute approximate surface area is 114 Å². The van der Waals surface area contributed by atoms with Gasteiger partial charge in [-0.05, 0) is 30.3 Å². The lowest BCUT2D eigenvalue weighted by molar-refractivity contribution is -0.115. The number of hydrogen-bond donors (Lipinski definition) is 2. The Morgan fingerprint density at radius 2 is 2.05 bits per heavy atom. The molecule has 102 valence electrons. The summed E-state index contributed by atoms with van der Waals surface area (Å²) in [6.07, 6.45) is 1.53. The van der Waals surface area contributed by atoms with E-state index in [9.17, 15) is 14.0 Å². The molecule has 0 radical (unpaired) electrons. The highest BCUT2D eigenvalue weighted by Gasteiger charge is 2.13. The molecule has 0 fully saturated rings. The number of nitrogens with zero attached hydrogens (tertiary/aromatic N) is 1. The van der Waals surface area contributed by atoms with Crippen LogP contribution < -0.4 is 5.32 Å². The van der Waals surface area contributed by atoms with Crippen LogP contribution in [0.4, 0.5) is 10.1 Å². The molecule has 0 aliphatic carbocycles. The van der Waals surface area contributed by atoms with Gasteiger partial charge in [-0.25, -0.2) is 9.18 Å². The minimum atomic E-state index is -1.24. The third-order valence-corrected chi connectivity index (χ3v) is 2.55. The number of pyridine rings is 1. The predicted molar refractivity (Wildman–Crippen MR) is 69.9 cm³/mol. The van der Waals surface area contributed by atoms with E-state index in [-0.39, 0.29) is 17.7 Å². The minimum Gasteiger partial charge on any atom is -0.478 e. The quantitative estimate of drug-likeness (QED) is 0.894. The van der Waals surface area contributed by atoms with Crippen LogP contribution in [-0.4, -0.2) is 22.0 Å². The van der Waals surface area contributed by atoms with Gasteiger partial charge in [-0.1, -0.05) is 6.07 Å². The lowest BCUT2D eigenvalue weighted by Crippen LogP contribution is -2.17. The Bertz CT molecular complexity index is 644. The zero-order valence-corrected chi connectivity index (χ0v) is 10.3. The van der Waals surface area contributed by atoms with Crippen LogP contribution in [0.1, 0.15) is 16.1 Å². The van der Waals surface area contributed by atoms with Gasteiger partial charge in [0.1, 0.15) is 5.82 Å². The first-order chi connectivity index (χ1) is 9.56. The molecule has 0 spiro atoms. The van der Waals surface area contributed by atoms with Crippen molar-refractivity contribution in [2.24, 2.45) is 0 Å². The molecule has 0 saturated heterocycles. The van der Waals surface area contributed by atoms with Crippen LogP contribution in [-0.2, 0) is 11.2 Å². The van der Waals surface area contributed by atoms with Crippen LogP contribution in [0.15, 0.2) is 42.6 Å². The fourth-order valence-electron chi connectivity index (χ4n) is 1.67. The summed E-state index contributed by atoms with van der Waals surface area (Å²) in [5.74, 6) is -2.32. The monoisotopic (exact) mass is 274 g/mol. The predicted octanol–water partition coefficient (Wildman–Crippen LogP) is 2.10. The summed E-state index contributed by atoms with van der Waals surface area (Å²) < 4.78 is 13.1.